The molecule has 0 atom stereocenters. The van der Waals surface area contributed by atoms with Gasteiger partial charge in [-0.3, -0.25) is 9.59 Å². The minimum atomic E-state index is 0.0552. The van der Waals surface area contributed by atoms with E-state index in [1.54, 1.807) is 0 Å². The molecular weight excluding hydrogens is 452 g/mol. The Bertz CT molecular complexity index is 1120. The lowest BCUT2D eigenvalue weighted by atomic mass is 10.1. The quantitative estimate of drug-likeness (QED) is 0.594. The molecule has 2 aliphatic heterocycles. The van der Waals surface area contributed by atoms with Crippen LogP contribution in [0.3, 0.4) is 0 Å². The second-order valence-corrected chi connectivity index (χ2v) is 11.5. The van der Waals surface area contributed by atoms with Gasteiger partial charge in [0.1, 0.15) is 17.5 Å². The number of piperazine rings is 1. The van der Waals surface area contributed by atoms with Crippen LogP contribution < -0.4 is 4.74 Å². The van der Waals surface area contributed by atoms with E-state index < -0.39 is 0 Å². The van der Waals surface area contributed by atoms with Gasteiger partial charge in [0.25, 0.3) is 5.91 Å². The number of carbonyl (C=O) groups is 2. The summed E-state index contributed by atoms with van der Waals surface area (Å²) in [6.45, 7) is 15.5. The van der Waals surface area contributed by atoms with Crippen LogP contribution >= 0.6 is 0 Å². The Labute approximate surface area is 215 Å². The lowest BCUT2D eigenvalue weighted by Crippen LogP contribution is -2.51. The number of aryl methyl sites for hydroxylation is 1. The normalized spacial score (nSPS) is 20.1. The van der Waals surface area contributed by atoms with E-state index in [-0.39, 0.29) is 29.9 Å². The number of rotatable bonds is 6. The molecule has 1 aromatic carbocycles. The van der Waals surface area contributed by atoms with Gasteiger partial charge in [0, 0.05) is 68.2 Å². The third-order valence-electron chi connectivity index (χ3n) is 8.18. The van der Waals surface area contributed by atoms with Gasteiger partial charge >= 0.3 is 0 Å². The SMILES string of the molecule is Cc1cc2c(cc1OC1CCN(C(C)C)CC1)cc(C(=O)N1CCN(C(=O)C3CC3)CC1)n2C(C)C. The number of likely N-dealkylation sites (tertiary alicyclic amines) is 1. The van der Waals surface area contributed by atoms with Crippen molar-refractivity contribution in [1.29, 1.82) is 0 Å². The standard InChI is InChI=1S/C29H42N4O3/c1-19(2)30-10-8-24(9-11-30)36-27-18-23-17-26(33(20(3)4)25(23)16-21(27)5)29(35)32-14-12-31(13-15-32)28(34)22-6-7-22/h16-20,22,24H,6-15H2,1-5H3. The minimum Gasteiger partial charge on any atom is -0.490 e. The molecule has 1 aliphatic carbocycles. The van der Waals surface area contributed by atoms with Crippen molar-refractivity contribution >= 4 is 22.7 Å². The fourth-order valence-corrected chi connectivity index (χ4v) is 5.78. The molecule has 3 aliphatic rings. The van der Waals surface area contributed by atoms with Crippen molar-refractivity contribution in [2.75, 3.05) is 39.3 Å². The number of nitrogens with zero attached hydrogens (tertiary/aromatic N) is 4. The molecule has 36 heavy (non-hydrogen) atoms. The van der Waals surface area contributed by atoms with Crippen molar-refractivity contribution < 1.29 is 14.3 Å². The van der Waals surface area contributed by atoms with Crippen molar-refractivity contribution in [1.82, 2.24) is 19.3 Å². The van der Waals surface area contributed by atoms with Crippen LogP contribution in [0.15, 0.2) is 18.2 Å². The average Bonchev–Trinajstić information content (AvgIpc) is 3.65. The van der Waals surface area contributed by atoms with Crippen LogP contribution in [0.4, 0.5) is 0 Å². The Morgan fingerprint density at radius 2 is 1.47 bits per heavy atom. The summed E-state index contributed by atoms with van der Waals surface area (Å²) in [6, 6.07) is 7.08. The molecule has 2 amide bonds. The number of hydrogen-bond donors (Lipinski definition) is 0. The molecule has 5 rings (SSSR count). The molecule has 0 unspecified atom stereocenters. The van der Waals surface area contributed by atoms with Crippen molar-refractivity contribution in [2.45, 2.75) is 78.5 Å². The van der Waals surface area contributed by atoms with Crippen LogP contribution in [0.2, 0.25) is 0 Å². The first-order valence-electron chi connectivity index (χ1n) is 13.9. The van der Waals surface area contributed by atoms with Gasteiger partial charge in [0.2, 0.25) is 5.91 Å². The molecule has 7 nitrogen and oxygen atoms in total. The topological polar surface area (TPSA) is 58.0 Å². The number of fused-ring (bicyclic) bond motifs is 1. The molecule has 1 saturated carbocycles. The van der Waals surface area contributed by atoms with E-state index in [0.29, 0.717) is 32.2 Å². The number of aromatic nitrogens is 1. The fraction of sp³-hybridized carbons (Fsp3) is 0.655. The van der Waals surface area contributed by atoms with E-state index in [1.165, 1.54) is 0 Å². The van der Waals surface area contributed by atoms with Gasteiger partial charge in [-0.1, -0.05) is 0 Å². The van der Waals surface area contributed by atoms with Crippen molar-refractivity contribution in [3.63, 3.8) is 0 Å². The molecule has 0 N–H and O–H groups in total. The first kappa shape index (κ1) is 25.1. The van der Waals surface area contributed by atoms with Crippen molar-refractivity contribution in [2.24, 2.45) is 5.92 Å². The van der Waals surface area contributed by atoms with E-state index in [9.17, 15) is 9.59 Å². The molecule has 7 heteroatoms. The van der Waals surface area contributed by atoms with Gasteiger partial charge in [0.15, 0.2) is 0 Å². The molecule has 196 valence electrons. The van der Waals surface area contributed by atoms with Crippen molar-refractivity contribution in [3.8, 4) is 5.75 Å². The summed E-state index contributed by atoms with van der Waals surface area (Å²) in [5.41, 5.74) is 2.92. The van der Waals surface area contributed by atoms with Crippen LogP contribution in [-0.2, 0) is 4.79 Å². The second kappa shape index (κ2) is 10.1. The Morgan fingerprint density at radius 3 is 2.06 bits per heavy atom. The van der Waals surface area contributed by atoms with Gasteiger partial charge in [-0.2, -0.15) is 0 Å². The van der Waals surface area contributed by atoms with Gasteiger partial charge in [-0.25, -0.2) is 0 Å². The predicted molar refractivity (Wildman–Crippen MR) is 143 cm³/mol. The number of carbonyl (C=O) groups excluding carboxylic acids is 2. The Kier molecular flexibility index (Phi) is 7.03. The number of piperidine rings is 1. The van der Waals surface area contributed by atoms with Crippen LogP contribution in [0.5, 0.6) is 5.75 Å². The van der Waals surface area contributed by atoms with E-state index >= 15 is 0 Å². The Hall–Kier alpha value is -2.54. The summed E-state index contributed by atoms with van der Waals surface area (Å²) in [7, 11) is 0. The Balaban J connectivity index is 1.33. The second-order valence-electron chi connectivity index (χ2n) is 11.5. The monoisotopic (exact) mass is 494 g/mol. The predicted octanol–water partition coefficient (Wildman–Crippen LogP) is 4.48. The maximum absolute atomic E-state index is 13.7. The molecular formula is C29H42N4O3. The maximum atomic E-state index is 13.7. The van der Waals surface area contributed by atoms with Crippen LogP contribution in [0, 0.1) is 12.8 Å². The molecule has 0 radical (unpaired) electrons. The summed E-state index contributed by atoms with van der Waals surface area (Å²) in [6.07, 6.45) is 4.37. The lowest BCUT2D eigenvalue weighted by Gasteiger charge is -2.35. The molecule has 0 spiro atoms. The molecule has 1 aromatic heterocycles. The highest BCUT2D eigenvalue weighted by Gasteiger charge is 2.35. The highest BCUT2D eigenvalue weighted by Crippen LogP contribution is 2.34. The highest BCUT2D eigenvalue weighted by atomic mass is 16.5. The zero-order chi connectivity index (χ0) is 25.6. The van der Waals surface area contributed by atoms with Gasteiger partial charge < -0.3 is 24.0 Å². The highest BCUT2D eigenvalue weighted by molar-refractivity contribution is 5.99. The maximum Gasteiger partial charge on any atom is 0.270 e. The van der Waals surface area contributed by atoms with E-state index in [0.717, 1.165) is 66.7 Å². The zero-order valence-corrected chi connectivity index (χ0v) is 22.6. The smallest absolute Gasteiger partial charge is 0.270 e. The first-order chi connectivity index (χ1) is 17.2. The molecule has 3 heterocycles. The number of ether oxygens (including phenoxy) is 1. The third kappa shape index (κ3) is 4.99. The zero-order valence-electron chi connectivity index (χ0n) is 22.6. The summed E-state index contributed by atoms with van der Waals surface area (Å²) < 4.78 is 8.66. The molecule has 0 bridgehead atoms. The lowest BCUT2D eigenvalue weighted by molar-refractivity contribution is -0.134. The summed E-state index contributed by atoms with van der Waals surface area (Å²) >= 11 is 0. The number of hydrogen-bond acceptors (Lipinski definition) is 4. The van der Waals surface area contributed by atoms with E-state index in [1.807, 2.05) is 15.9 Å². The van der Waals surface area contributed by atoms with Crippen LogP contribution in [0.25, 0.3) is 10.9 Å². The third-order valence-corrected chi connectivity index (χ3v) is 8.18. The average molecular weight is 495 g/mol. The molecule has 3 fully saturated rings. The largest absolute Gasteiger partial charge is 0.490 e. The summed E-state index contributed by atoms with van der Waals surface area (Å²) in [4.78, 5) is 32.4. The number of benzene rings is 1. The van der Waals surface area contributed by atoms with Crippen LogP contribution in [-0.4, -0.2) is 82.5 Å². The molecule has 2 saturated heterocycles. The summed E-state index contributed by atoms with van der Waals surface area (Å²) in [5.74, 6) is 1.49. The Morgan fingerprint density at radius 1 is 0.833 bits per heavy atom. The van der Waals surface area contributed by atoms with Gasteiger partial charge in [0.05, 0.1) is 0 Å². The first-order valence-corrected chi connectivity index (χ1v) is 13.9. The van der Waals surface area contributed by atoms with Crippen LogP contribution in [0.1, 0.15) is 75.5 Å². The number of amides is 2. The minimum absolute atomic E-state index is 0.0552. The fourth-order valence-electron chi connectivity index (χ4n) is 5.78. The molecule has 2 aromatic rings. The van der Waals surface area contributed by atoms with Gasteiger partial charge in [-0.05, 0) is 84.1 Å². The van der Waals surface area contributed by atoms with Gasteiger partial charge in [-0.15, -0.1) is 0 Å². The van der Waals surface area contributed by atoms with E-state index in [2.05, 4.69) is 56.2 Å². The van der Waals surface area contributed by atoms with E-state index in [4.69, 9.17) is 4.74 Å². The van der Waals surface area contributed by atoms with Crippen molar-refractivity contribution in [3.05, 3.63) is 29.5 Å². The summed E-state index contributed by atoms with van der Waals surface area (Å²) in [5, 5.41) is 1.05.